The van der Waals surface area contributed by atoms with Crippen molar-refractivity contribution in [3.05, 3.63) is 17.5 Å². The Morgan fingerprint density at radius 1 is 1.59 bits per heavy atom. The molecule has 0 amide bonds. The maximum Gasteiger partial charge on any atom is 0.0649 e. The van der Waals surface area contributed by atoms with Crippen molar-refractivity contribution in [3.8, 4) is 0 Å². The molecule has 2 fully saturated rings. The smallest absolute Gasteiger partial charge is 0.0649 e. The van der Waals surface area contributed by atoms with Gasteiger partial charge in [-0.25, -0.2) is 0 Å². The molecule has 4 heteroatoms. The fourth-order valence-electron chi connectivity index (χ4n) is 3.30. The molecule has 3 rings (SSSR count). The summed E-state index contributed by atoms with van der Waals surface area (Å²) in [6.45, 7) is 1.98. The summed E-state index contributed by atoms with van der Waals surface area (Å²) < 4.78 is 7.66. The molecule has 1 aromatic rings. The number of hydrogen-bond acceptors (Lipinski definition) is 3. The van der Waals surface area contributed by atoms with Crippen molar-refractivity contribution in [2.75, 3.05) is 0 Å². The second kappa shape index (κ2) is 4.10. The third-order valence-electron chi connectivity index (χ3n) is 4.16. The van der Waals surface area contributed by atoms with Crippen molar-refractivity contribution in [2.24, 2.45) is 13.0 Å². The normalized spacial score (nSPS) is 33.2. The Morgan fingerprint density at radius 2 is 2.41 bits per heavy atom. The van der Waals surface area contributed by atoms with Gasteiger partial charge in [-0.05, 0) is 32.3 Å². The molecule has 1 N–H and O–H groups in total. The van der Waals surface area contributed by atoms with Crippen molar-refractivity contribution in [1.29, 1.82) is 0 Å². The van der Waals surface area contributed by atoms with Gasteiger partial charge in [0.2, 0.25) is 0 Å². The first-order valence-corrected chi connectivity index (χ1v) is 6.46. The maximum atomic E-state index is 10.3. The zero-order valence-electron chi connectivity index (χ0n) is 10.5. The highest BCUT2D eigenvalue weighted by Gasteiger charge is 2.43. The molecule has 2 aliphatic rings. The molecular weight excluding hydrogens is 216 g/mol. The molecule has 4 nitrogen and oxygen atoms in total. The summed E-state index contributed by atoms with van der Waals surface area (Å²) in [6, 6.07) is 2.05. The second-order valence-corrected chi connectivity index (χ2v) is 5.45. The number of rotatable bonds is 3. The summed E-state index contributed by atoms with van der Waals surface area (Å²) in [5.41, 5.74) is 2.12. The molecule has 2 bridgehead atoms. The second-order valence-electron chi connectivity index (χ2n) is 5.45. The molecule has 0 aliphatic carbocycles. The Kier molecular flexibility index (Phi) is 2.71. The van der Waals surface area contributed by atoms with E-state index in [1.807, 2.05) is 18.7 Å². The average Bonchev–Trinajstić information content (AvgIpc) is 2.94. The van der Waals surface area contributed by atoms with Gasteiger partial charge in [0.15, 0.2) is 0 Å². The Balaban J connectivity index is 1.67. The predicted molar refractivity (Wildman–Crippen MR) is 63.7 cm³/mol. The van der Waals surface area contributed by atoms with Crippen molar-refractivity contribution in [3.63, 3.8) is 0 Å². The minimum absolute atomic E-state index is 0.292. The van der Waals surface area contributed by atoms with Gasteiger partial charge in [-0.1, -0.05) is 0 Å². The van der Waals surface area contributed by atoms with E-state index in [1.54, 1.807) is 0 Å². The van der Waals surface area contributed by atoms with E-state index < -0.39 is 0 Å². The van der Waals surface area contributed by atoms with Crippen molar-refractivity contribution in [1.82, 2.24) is 9.78 Å². The number of hydrogen-bond donors (Lipinski definition) is 1. The van der Waals surface area contributed by atoms with Crippen LogP contribution in [0.25, 0.3) is 0 Å². The molecule has 4 atom stereocenters. The number of ether oxygens (including phenoxy) is 1. The summed E-state index contributed by atoms with van der Waals surface area (Å²) in [5.74, 6) is 0.323. The Bertz CT molecular complexity index is 416. The summed E-state index contributed by atoms with van der Waals surface area (Å²) in [7, 11) is 1.94. The highest BCUT2D eigenvalue weighted by molar-refractivity contribution is 5.10. The zero-order valence-corrected chi connectivity index (χ0v) is 10.5. The van der Waals surface area contributed by atoms with Crippen LogP contribution in [0, 0.1) is 12.8 Å². The minimum Gasteiger partial charge on any atom is -0.392 e. The summed E-state index contributed by atoms with van der Waals surface area (Å²) in [5, 5.41) is 14.7. The standard InChI is InChI=1S/C13H20N2O2/c1-8-5-9(15(2)14-8)6-12(16)11-7-10-3-4-13(11)17-10/h5,10-13,16H,3-4,6-7H2,1-2H3. The molecule has 0 spiro atoms. The van der Waals surface area contributed by atoms with Gasteiger partial charge in [0.1, 0.15) is 0 Å². The summed E-state index contributed by atoms with van der Waals surface area (Å²) in [6.07, 6.45) is 4.43. The van der Waals surface area contributed by atoms with E-state index in [1.165, 1.54) is 6.42 Å². The van der Waals surface area contributed by atoms with Crippen LogP contribution in [0.1, 0.15) is 30.7 Å². The summed E-state index contributed by atoms with van der Waals surface area (Å²) >= 11 is 0. The van der Waals surface area contributed by atoms with Crippen LogP contribution in [-0.2, 0) is 18.2 Å². The number of aliphatic hydroxyl groups excluding tert-OH is 1. The number of nitrogens with zero attached hydrogens (tertiary/aromatic N) is 2. The van der Waals surface area contributed by atoms with Crippen molar-refractivity contribution >= 4 is 0 Å². The van der Waals surface area contributed by atoms with Gasteiger partial charge in [-0.2, -0.15) is 5.10 Å². The number of aliphatic hydroxyl groups is 1. The molecule has 17 heavy (non-hydrogen) atoms. The maximum absolute atomic E-state index is 10.3. The monoisotopic (exact) mass is 236 g/mol. The summed E-state index contributed by atoms with van der Waals surface area (Å²) in [4.78, 5) is 0. The molecule has 0 radical (unpaired) electrons. The average molecular weight is 236 g/mol. The van der Waals surface area contributed by atoms with E-state index in [2.05, 4.69) is 11.2 Å². The lowest BCUT2D eigenvalue weighted by Gasteiger charge is -2.24. The van der Waals surface area contributed by atoms with Gasteiger partial charge < -0.3 is 9.84 Å². The molecule has 4 unspecified atom stereocenters. The van der Waals surface area contributed by atoms with Crippen LogP contribution in [0.5, 0.6) is 0 Å². The number of aryl methyl sites for hydroxylation is 2. The van der Waals surface area contributed by atoms with Gasteiger partial charge >= 0.3 is 0 Å². The fourth-order valence-corrected chi connectivity index (χ4v) is 3.30. The van der Waals surface area contributed by atoms with E-state index >= 15 is 0 Å². The predicted octanol–water partition coefficient (Wildman–Crippen LogP) is 1.20. The van der Waals surface area contributed by atoms with Gasteiger partial charge in [0.25, 0.3) is 0 Å². The van der Waals surface area contributed by atoms with E-state index in [-0.39, 0.29) is 6.10 Å². The van der Waals surface area contributed by atoms with E-state index in [0.29, 0.717) is 24.5 Å². The van der Waals surface area contributed by atoms with E-state index in [9.17, 15) is 5.11 Å². The van der Waals surface area contributed by atoms with Crippen molar-refractivity contribution in [2.45, 2.75) is 50.9 Å². The largest absolute Gasteiger partial charge is 0.392 e. The first-order chi connectivity index (χ1) is 8.13. The SMILES string of the molecule is Cc1cc(CC(O)C2CC3CCC2O3)n(C)n1. The Hall–Kier alpha value is -0.870. The molecule has 3 heterocycles. The third kappa shape index (κ3) is 2.00. The van der Waals surface area contributed by atoms with Crippen molar-refractivity contribution < 1.29 is 9.84 Å². The lowest BCUT2D eigenvalue weighted by atomic mass is 9.83. The number of aromatic nitrogens is 2. The number of fused-ring (bicyclic) bond motifs is 2. The van der Waals surface area contributed by atoms with Crippen LogP contribution in [-0.4, -0.2) is 33.2 Å². The molecule has 2 saturated heterocycles. The third-order valence-corrected chi connectivity index (χ3v) is 4.16. The van der Waals surface area contributed by atoms with Crippen LogP contribution < -0.4 is 0 Å². The highest BCUT2D eigenvalue weighted by atomic mass is 16.5. The molecule has 0 aromatic carbocycles. The Labute approximate surface area is 102 Å². The Morgan fingerprint density at radius 3 is 2.94 bits per heavy atom. The first kappa shape index (κ1) is 11.2. The quantitative estimate of drug-likeness (QED) is 0.858. The van der Waals surface area contributed by atoms with Crippen LogP contribution in [0.4, 0.5) is 0 Å². The first-order valence-electron chi connectivity index (χ1n) is 6.46. The van der Waals surface area contributed by atoms with E-state index in [0.717, 1.165) is 24.2 Å². The lowest BCUT2D eigenvalue weighted by Crippen LogP contribution is -2.31. The molecule has 1 aromatic heterocycles. The zero-order chi connectivity index (χ0) is 12.0. The fraction of sp³-hybridized carbons (Fsp3) is 0.769. The highest BCUT2D eigenvalue weighted by Crippen LogP contribution is 2.40. The van der Waals surface area contributed by atoms with Gasteiger partial charge in [0.05, 0.1) is 24.0 Å². The van der Waals surface area contributed by atoms with Crippen LogP contribution in [0.2, 0.25) is 0 Å². The molecule has 2 aliphatic heterocycles. The molecular formula is C13H20N2O2. The van der Waals surface area contributed by atoms with Gasteiger partial charge in [0, 0.05) is 25.1 Å². The van der Waals surface area contributed by atoms with Crippen LogP contribution in [0.3, 0.4) is 0 Å². The van der Waals surface area contributed by atoms with E-state index in [4.69, 9.17) is 4.74 Å². The molecule has 94 valence electrons. The van der Waals surface area contributed by atoms with Crippen LogP contribution >= 0.6 is 0 Å². The lowest BCUT2D eigenvalue weighted by molar-refractivity contribution is 0.0423. The van der Waals surface area contributed by atoms with Crippen LogP contribution in [0.15, 0.2) is 6.07 Å². The topological polar surface area (TPSA) is 47.3 Å². The van der Waals surface area contributed by atoms with Gasteiger partial charge in [-0.15, -0.1) is 0 Å². The molecule has 0 saturated carbocycles. The minimum atomic E-state index is -0.292. The van der Waals surface area contributed by atoms with Gasteiger partial charge in [-0.3, -0.25) is 4.68 Å².